The summed E-state index contributed by atoms with van der Waals surface area (Å²) in [5, 5.41) is 4.22. The maximum absolute atomic E-state index is 11.6. The normalized spacial score (nSPS) is 22.4. The molecule has 0 aromatic carbocycles. The van der Waals surface area contributed by atoms with E-state index >= 15 is 0 Å². The van der Waals surface area contributed by atoms with Gasteiger partial charge in [-0.2, -0.15) is 5.10 Å². The number of hydrogen-bond donors (Lipinski definition) is 0. The molecule has 2 heterocycles. The highest BCUT2D eigenvalue weighted by Crippen LogP contribution is 2.31. The number of esters is 1. The Morgan fingerprint density at radius 2 is 2.14 bits per heavy atom. The smallest absolute Gasteiger partial charge is 0.308 e. The van der Waals surface area contributed by atoms with Crippen molar-refractivity contribution < 1.29 is 9.53 Å². The van der Waals surface area contributed by atoms with Gasteiger partial charge in [0.05, 0.1) is 13.0 Å². The number of pyridine rings is 1. The maximum Gasteiger partial charge on any atom is 0.308 e. The quantitative estimate of drug-likeness (QED) is 0.814. The van der Waals surface area contributed by atoms with Crippen molar-refractivity contribution in [2.75, 3.05) is 7.11 Å². The minimum absolute atomic E-state index is 0.0478. The first-order valence-corrected chi connectivity index (χ1v) is 7.54. The molecule has 0 N–H and O–H groups in total. The fourth-order valence-corrected chi connectivity index (χ4v) is 3.38. The lowest BCUT2D eigenvalue weighted by Crippen LogP contribution is -2.23. The number of methoxy groups -OCH3 is 1. The Morgan fingerprint density at radius 1 is 1.38 bits per heavy atom. The number of carbonyl (C=O) groups excluding carboxylic acids is 1. The molecule has 5 heteroatoms. The molecule has 0 amide bonds. The zero-order chi connectivity index (χ0) is 14.8. The van der Waals surface area contributed by atoms with Crippen LogP contribution in [0, 0.1) is 18.8 Å². The molecule has 0 unspecified atom stereocenters. The van der Waals surface area contributed by atoms with Crippen molar-refractivity contribution in [2.24, 2.45) is 11.8 Å². The van der Waals surface area contributed by atoms with Crippen molar-refractivity contribution in [3.63, 3.8) is 0 Å². The number of carbonyl (C=O) groups is 1. The van der Waals surface area contributed by atoms with Gasteiger partial charge in [-0.15, -0.1) is 0 Å². The Hall–Kier alpha value is -1.91. The Morgan fingerprint density at radius 3 is 2.86 bits per heavy atom. The van der Waals surface area contributed by atoms with Gasteiger partial charge in [0, 0.05) is 6.20 Å². The van der Waals surface area contributed by atoms with Gasteiger partial charge in [0.2, 0.25) is 0 Å². The predicted molar refractivity (Wildman–Crippen MR) is 78.9 cm³/mol. The monoisotopic (exact) mass is 287 g/mol. The largest absolute Gasteiger partial charge is 0.469 e. The molecular formula is C16H21N3O2. The number of aryl methyl sites for hydroxylation is 1. The van der Waals surface area contributed by atoms with E-state index in [1.54, 1.807) is 6.33 Å². The second-order valence-corrected chi connectivity index (χ2v) is 6.00. The molecule has 0 atom stereocenters. The van der Waals surface area contributed by atoms with Crippen LogP contribution in [-0.2, 0) is 16.0 Å². The molecule has 1 aliphatic rings. The molecular weight excluding hydrogens is 266 g/mol. The van der Waals surface area contributed by atoms with Crippen LogP contribution in [0.3, 0.4) is 0 Å². The summed E-state index contributed by atoms with van der Waals surface area (Å²) < 4.78 is 6.69. The summed E-state index contributed by atoms with van der Waals surface area (Å²) >= 11 is 0. The summed E-state index contributed by atoms with van der Waals surface area (Å²) in [4.78, 5) is 15.8. The standard InChI is InChI=1S/C16H21N3O2/c1-11-7-13(9-19-15(11)17-10-18-19)8-12-3-5-14(6-4-12)16(20)21-2/h7,9-10,12,14H,3-6,8H2,1-2H3. The highest BCUT2D eigenvalue weighted by molar-refractivity contribution is 5.72. The van der Waals surface area contributed by atoms with E-state index in [1.165, 1.54) is 12.7 Å². The van der Waals surface area contributed by atoms with Gasteiger partial charge in [0.25, 0.3) is 0 Å². The zero-order valence-corrected chi connectivity index (χ0v) is 12.6. The van der Waals surface area contributed by atoms with Crippen LogP contribution in [0.1, 0.15) is 36.8 Å². The molecule has 0 aliphatic heterocycles. The SMILES string of the molecule is COC(=O)C1CCC(Cc2cc(C)c3ncnn3c2)CC1. The van der Waals surface area contributed by atoms with Crippen molar-refractivity contribution in [1.82, 2.24) is 14.6 Å². The number of fused-ring (bicyclic) bond motifs is 1. The first kappa shape index (κ1) is 14.0. The summed E-state index contributed by atoms with van der Waals surface area (Å²) in [6, 6.07) is 2.20. The summed E-state index contributed by atoms with van der Waals surface area (Å²) in [6.07, 6.45) is 8.78. The number of rotatable bonds is 3. The molecule has 112 valence electrons. The third-order valence-electron chi connectivity index (χ3n) is 4.52. The second-order valence-electron chi connectivity index (χ2n) is 6.00. The third-order valence-corrected chi connectivity index (χ3v) is 4.52. The van der Waals surface area contributed by atoms with Gasteiger partial charge in [-0.3, -0.25) is 4.79 Å². The summed E-state index contributed by atoms with van der Waals surface area (Å²) in [6.45, 7) is 2.07. The van der Waals surface area contributed by atoms with Crippen molar-refractivity contribution in [2.45, 2.75) is 39.0 Å². The average molecular weight is 287 g/mol. The summed E-state index contributed by atoms with van der Waals surface area (Å²) in [7, 11) is 1.48. The van der Waals surface area contributed by atoms with Crippen molar-refractivity contribution in [3.05, 3.63) is 29.7 Å². The fourth-order valence-electron chi connectivity index (χ4n) is 3.38. The van der Waals surface area contributed by atoms with Gasteiger partial charge >= 0.3 is 5.97 Å². The lowest BCUT2D eigenvalue weighted by molar-refractivity contribution is -0.146. The van der Waals surface area contributed by atoms with Gasteiger partial charge < -0.3 is 4.74 Å². The van der Waals surface area contributed by atoms with Crippen LogP contribution in [0.25, 0.3) is 5.65 Å². The van der Waals surface area contributed by atoms with Gasteiger partial charge in [-0.1, -0.05) is 6.07 Å². The topological polar surface area (TPSA) is 56.5 Å². The molecule has 0 bridgehead atoms. The lowest BCUT2D eigenvalue weighted by Gasteiger charge is -2.27. The molecule has 21 heavy (non-hydrogen) atoms. The van der Waals surface area contributed by atoms with E-state index in [2.05, 4.69) is 29.3 Å². The first-order valence-electron chi connectivity index (χ1n) is 7.54. The van der Waals surface area contributed by atoms with Gasteiger partial charge in [0.15, 0.2) is 5.65 Å². The minimum atomic E-state index is -0.0478. The van der Waals surface area contributed by atoms with E-state index in [0.717, 1.165) is 43.3 Å². The molecule has 1 fully saturated rings. The van der Waals surface area contributed by atoms with Crippen LogP contribution < -0.4 is 0 Å². The zero-order valence-electron chi connectivity index (χ0n) is 12.6. The number of hydrogen-bond acceptors (Lipinski definition) is 4. The summed E-state index contributed by atoms with van der Waals surface area (Å²) in [5.41, 5.74) is 3.38. The van der Waals surface area contributed by atoms with E-state index in [9.17, 15) is 4.79 Å². The van der Waals surface area contributed by atoms with Gasteiger partial charge in [-0.05, 0) is 56.1 Å². The molecule has 1 saturated carbocycles. The van der Waals surface area contributed by atoms with Crippen LogP contribution >= 0.6 is 0 Å². The minimum Gasteiger partial charge on any atom is -0.469 e. The van der Waals surface area contributed by atoms with Gasteiger partial charge in [0.1, 0.15) is 6.33 Å². The average Bonchev–Trinajstić information content (AvgIpc) is 2.96. The van der Waals surface area contributed by atoms with Crippen LogP contribution in [0.2, 0.25) is 0 Å². The number of aromatic nitrogens is 3. The second kappa shape index (κ2) is 5.84. The van der Waals surface area contributed by atoms with Crippen LogP contribution in [0.5, 0.6) is 0 Å². The fraction of sp³-hybridized carbons (Fsp3) is 0.562. The van der Waals surface area contributed by atoms with Gasteiger partial charge in [-0.25, -0.2) is 9.50 Å². The molecule has 3 rings (SSSR count). The van der Waals surface area contributed by atoms with E-state index in [-0.39, 0.29) is 11.9 Å². The Labute approximate surface area is 124 Å². The first-order chi connectivity index (χ1) is 10.2. The Bertz CT molecular complexity index is 642. The Balaban J connectivity index is 1.65. The van der Waals surface area contributed by atoms with Crippen molar-refractivity contribution >= 4 is 11.6 Å². The van der Waals surface area contributed by atoms with Crippen LogP contribution in [0.15, 0.2) is 18.6 Å². The number of ether oxygens (including phenoxy) is 1. The highest BCUT2D eigenvalue weighted by Gasteiger charge is 2.27. The van der Waals surface area contributed by atoms with Crippen molar-refractivity contribution in [3.8, 4) is 0 Å². The molecule has 0 spiro atoms. The highest BCUT2D eigenvalue weighted by atomic mass is 16.5. The van der Waals surface area contributed by atoms with Crippen molar-refractivity contribution in [1.29, 1.82) is 0 Å². The third kappa shape index (κ3) is 2.91. The van der Waals surface area contributed by atoms with E-state index in [4.69, 9.17) is 4.74 Å². The molecule has 5 nitrogen and oxygen atoms in total. The Kier molecular flexibility index (Phi) is 3.90. The molecule has 2 aromatic heterocycles. The molecule has 2 aromatic rings. The maximum atomic E-state index is 11.6. The van der Waals surface area contributed by atoms with E-state index < -0.39 is 0 Å². The van der Waals surface area contributed by atoms with Crippen LogP contribution in [-0.4, -0.2) is 27.7 Å². The van der Waals surface area contributed by atoms with E-state index in [1.807, 2.05) is 4.52 Å². The molecule has 0 saturated heterocycles. The number of nitrogens with zero attached hydrogens (tertiary/aromatic N) is 3. The predicted octanol–water partition coefficient (Wildman–Crippen LogP) is 2.56. The molecule has 0 radical (unpaired) electrons. The van der Waals surface area contributed by atoms with Crippen LogP contribution in [0.4, 0.5) is 0 Å². The summed E-state index contributed by atoms with van der Waals surface area (Å²) in [5.74, 6) is 0.699. The lowest BCUT2D eigenvalue weighted by atomic mass is 9.79. The molecule has 1 aliphatic carbocycles. The van der Waals surface area contributed by atoms with E-state index in [0.29, 0.717) is 5.92 Å².